The van der Waals surface area contributed by atoms with Gasteiger partial charge in [0, 0.05) is 60.1 Å². The van der Waals surface area contributed by atoms with E-state index in [1.54, 1.807) is 45.2 Å². The van der Waals surface area contributed by atoms with Crippen molar-refractivity contribution in [1.82, 2.24) is 36.5 Å². The first kappa shape index (κ1) is 69.7. The lowest BCUT2D eigenvalue weighted by atomic mass is 9.84. The number of carbonyl (C=O) groups excluding carboxylic acids is 6. The number of nitrogens with two attached hydrogens (primary N) is 2. The van der Waals surface area contributed by atoms with Gasteiger partial charge in [-0.1, -0.05) is 91.6 Å². The molecule has 2 aromatic carbocycles. The number of hydrogen-bond acceptors (Lipinski definition) is 15. The Bertz CT molecular complexity index is 2910. The van der Waals surface area contributed by atoms with Crippen LogP contribution in [0.15, 0.2) is 59.7 Å². The molecule has 0 saturated heterocycles. The number of ether oxygens (including phenoxy) is 3. The van der Waals surface area contributed by atoms with Crippen molar-refractivity contribution in [2.75, 3.05) is 57.6 Å². The summed E-state index contributed by atoms with van der Waals surface area (Å²) in [5.41, 5.74) is 13.8. The van der Waals surface area contributed by atoms with Crippen LogP contribution in [-0.2, 0) is 56.8 Å². The second-order valence-electron chi connectivity index (χ2n) is 22.7. The number of fused-ring (bicyclic) bond motifs is 1. The van der Waals surface area contributed by atoms with Crippen LogP contribution in [0.3, 0.4) is 0 Å². The zero-order valence-corrected chi connectivity index (χ0v) is 51.2. The number of rotatable bonds is 36. The number of aliphatic imine (C=N–C) groups is 1. The molecule has 24 nitrogen and oxygen atoms in total. The van der Waals surface area contributed by atoms with Crippen molar-refractivity contribution in [3.05, 3.63) is 82.0 Å². The maximum Gasteiger partial charge on any atom is 0.407 e. The molecule has 0 saturated carbocycles. The van der Waals surface area contributed by atoms with E-state index >= 15 is 0 Å². The van der Waals surface area contributed by atoms with Crippen molar-refractivity contribution in [2.45, 2.75) is 149 Å². The Hall–Kier alpha value is -7.80. The van der Waals surface area contributed by atoms with E-state index in [0.717, 1.165) is 90.1 Å². The van der Waals surface area contributed by atoms with Gasteiger partial charge in [-0.3, -0.25) is 28.8 Å². The number of carboxylic acids is 2. The number of benzene rings is 2. The number of methoxy groups -OCH3 is 1. The Balaban J connectivity index is 1.29. The van der Waals surface area contributed by atoms with Crippen molar-refractivity contribution < 1.29 is 62.8 Å². The number of hydrogen-bond donors (Lipinski definition) is 11. The highest BCUT2D eigenvalue weighted by atomic mass is 32.2. The van der Waals surface area contributed by atoms with Gasteiger partial charge in [-0.2, -0.15) is 0 Å². The van der Waals surface area contributed by atoms with Crippen molar-refractivity contribution >= 4 is 82.9 Å². The predicted octanol–water partition coefficient (Wildman–Crippen LogP) is 4.14. The van der Waals surface area contributed by atoms with E-state index in [4.69, 9.17) is 35.8 Å². The van der Waals surface area contributed by atoms with E-state index in [0.29, 0.717) is 36.8 Å². The second kappa shape index (κ2) is 34.8. The number of urea groups is 1. The number of primary amides is 1. The van der Waals surface area contributed by atoms with Crippen LogP contribution in [-0.4, -0.2) is 138 Å². The third-order valence-electron chi connectivity index (χ3n) is 13.8. The average Bonchev–Trinajstić information content (AvgIpc) is 3.93. The SMILES string of the molecule is CCCCCNC1=c2/c(ccn2Cc2ccc(C(C)(C)COCC(C)(C)CNC(=O)OCc3ccc(NC(=O)[C@H](CCCNC(N)=O)NC(=O)[C@@H](NC(=O)CNC(=O)C(CC(=O)O)SCCC(=O)O)C(C)C)cc3)cc2OC)=C\CCC/C(N)=N\1. The fraction of sp³-hybridized carbons (Fsp3) is 0.550. The number of anilines is 1. The summed E-state index contributed by atoms with van der Waals surface area (Å²) in [4.78, 5) is 104. The number of aliphatic carboxylic acids is 2. The van der Waals surface area contributed by atoms with Crippen molar-refractivity contribution in [3.63, 3.8) is 0 Å². The first-order chi connectivity index (χ1) is 40.3. The van der Waals surface area contributed by atoms with E-state index in [9.17, 15) is 43.5 Å². The molecule has 13 N–H and O–H groups in total. The Labute approximate surface area is 501 Å². The number of unbranched alkanes of at least 4 members (excludes halogenated alkanes) is 2. The summed E-state index contributed by atoms with van der Waals surface area (Å²) in [6.45, 7) is 15.5. The summed E-state index contributed by atoms with van der Waals surface area (Å²) < 4.78 is 20.0. The molecule has 85 heavy (non-hydrogen) atoms. The summed E-state index contributed by atoms with van der Waals surface area (Å²) in [7, 11) is 1.68. The number of alkyl carbamates (subject to hydrolysis) is 1. The molecule has 1 aliphatic heterocycles. The van der Waals surface area contributed by atoms with Crippen LogP contribution in [0, 0.1) is 11.3 Å². The van der Waals surface area contributed by atoms with E-state index in [2.05, 4.69) is 99.1 Å². The molecule has 0 spiro atoms. The maximum absolute atomic E-state index is 13.7. The molecule has 0 bridgehead atoms. The van der Waals surface area contributed by atoms with Crippen molar-refractivity contribution in [3.8, 4) is 5.75 Å². The van der Waals surface area contributed by atoms with E-state index in [1.807, 2.05) is 13.8 Å². The number of aromatic nitrogens is 1. The smallest absolute Gasteiger partial charge is 0.407 e. The molecule has 3 aromatic rings. The first-order valence-electron chi connectivity index (χ1n) is 28.8. The highest BCUT2D eigenvalue weighted by molar-refractivity contribution is 8.00. The van der Waals surface area contributed by atoms with Gasteiger partial charge in [-0.15, -0.1) is 11.8 Å². The zero-order chi connectivity index (χ0) is 62.7. The van der Waals surface area contributed by atoms with Crippen LogP contribution < -0.4 is 64.0 Å². The molecule has 3 atom stereocenters. The number of thioether (sulfide) groups is 1. The Morgan fingerprint density at radius 1 is 0.859 bits per heavy atom. The van der Waals surface area contributed by atoms with Gasteiger partial charge in [0.05, 0.1) is 56.9 Å². The molecular formula is C60H89N11O13S. The lowest BCUT2D eigenvalue weighted by molar-refractivity contribution is -0.138. The number of nitrogens with one attached hydrogen (secondary N) is 7. The largest absolute Gasteiger partial charge is 0.496 e. The Morgan fingerprint density at radius 2 is 1.60 bits per heavy atom. The molecule has 25 heteroatoms. The minimum absolute atomic E-state index is 0.0331. The fourth-order valence-electron chi connectivity index (χ4n) is 8.94. The van der Waals surface area contributed by atoms with Crippen LogP contribution in [0.2, 0.25) is 0 Å². The number of carbonyl (C=O) groups is 8. The maximum atomic E-state index is 13.7. The summed E-state index contributed by atoms with van der Waals surface area (Å²) in [6, 6.07) is 11.8. The lowest BCUT2D eigenvalue weighted by Crippen LogP contribution is -2.56. The molecular weight excluding hydrogens is 1110 g/mol. The molecule has 0 aliphatic carbocycles. The zero-order valence-electron chi connectivity index (χ0n) is 50.4. The van der Waals surface area contributed by atoms with Gasteiger partial charge in [0.25, 0.3) is 0 Å². The molecule has 7 amide bonds. The van der Waals surface area contributed by atoms with Crippen molar-refractivity contribution in [1.29, 1.82) is 0 Å². The predicted molar refractivity (Wildman–Crippen MR) is 327 cm³/mol. The number of amides is 7. The molecule has 1 aromatic heterocycles. The highest BCUT2D eigenvalue weighted by Gasteiger charge is 2.31. The van der Waals surface area contributed by atoms with E-state index < -0.39 is 94.7 Å². The second-order valence-corrected chi connectivity index (χ2v) is 24.0. The van der Waals surface area contributed by atoms with Gasteiger partial charge in [-0.25, -0.2) is 14.6 Å². The quantitative estimate of drug-likeness (QED) is 0.0365. The Kier molecular flexibility index (Phi) is 28.6. The highest BCUT2D eigenvalue weighted by Crippen LogP contribution is 2.31. The van der Waals surface area contributed by atoms with E-state index in [-0.39, 0.29) is 44.7 Å². The fourth-order valence-corrected chi connectivity index (χ4v) is 10.0. The van der Waals surface area contributed by atoms with Crippen LogP contribution >= 0.6 is 11.8 Å². The van der Waals surface area contributed by atoms with Gasteiger partial charge in [-0.05, 0) is 78.6 Å². The third-order valence-corrected chi connectivity index (χ3v) is 15.0. The topological polar surface area (TPSA) is 358 Å². The average molecular weight is 1200 g/mol. The number of amidine groups is 1. The molecule has 0 radical (unpaired) electrons. The van der Waals surface area contributed by atoms with Crippen molar-refractivity contribution in [2.24, 2.45) is 27.8 Å². The lowest BCUT2D eigenvalue weighted by Gasteiger charge is -2.30. The minimum atomic E-state index is -1.29. The van der Waals surface area contributed by atoms with Gasteiger partial charge >= 0.3 is 24.1 Å². The van der Waals surface area contributed by atoms with E-state index in [1.165, 1.54) is 0 Å². The molecule has 2 heterocycles. The normalized spacial score (nSPS) is 15.3. The summed E-state index contributed by atoms with van der Waals surface area (Å²) in [5.74, 6) is -3.70. The number of nitrogens with zero attached hydrogens (tertiary/aromatic N) is 2. The van der Waals surface area contributed by atoms with Crippen LogP contribution in [0.25, 0.3) is 11.9 Å². The molecule has 4 rings (SSSR count). The van der Waals surface area contributed by atoms with Gasteiger partial charge in [0.2, 0.25) is 23.6 Å². The minimum Gasteiger partial charge on any atom is -0.496 e. The van der Waals surface area contributed by atoms with Crippen LogP contribution in [0.5, 0.6) is 5.75 Å². The first-order valence-corrected chi connectivity index (χ1v) is 29.8. The number of carboxylic acid groups (broad SMARTS) is 2. The molecule has 1 aliphatic rings. The van der Waals surface area contributed by atoms with Crippen LogP contribution in [0.4, 0.5) is 15.3 Å². The van der Waals surface area contributed by atoms with Crippen LogP contribution in [0.1, 0.15) is 129 Å². The monoisotopic (exact) mass is 1200 g/mol. The Morgan fingerprint density at radius 3 is 2.27 bits per heavy atom. The van der Waals surface area contributed by atoms with Gasteiger partial charge in [0.1, 0.15) is 30.3 Å². The third kappa shape index (κ3) is 24.7. The van der Waals surface area contributed by atoms with Gasteiger partial charge in [0.15, 0.2) is 5.82 Å². The van der Waals surface area contributed by atoms with Gasteiger partial charge < -0.3 is 77.7 Å². The molecule has 468 valence electrons. The molecule has 1 unspecified atom stereocenters. The summed E-state index contributed by atoms with van der Waals surface area (Å²) in [6.07, 6.45) is 8.96. The summed E-state index contributed by atoms with van der Waals surface area (Å²) >= 11 is 0.825. The molecule has 0 fully saturated rings. The standard InChI is InChI=1S/C60H89N11O13S/c1-9-10-13-26-63-53-52-40(15-11-12-17-47(61)69-53)24-28-71(52)33-41-20-21-42(30-45(41)82-8)60(6,7)37-83-36-59(4,5)35-66-58(81)84-34-39-18-22-43(23-19-39)67-54(77)44(16-14-27-64-57(62)80)68-56(79)51(38(2)3)70-48(72)32-65-55(78)46(31-50(75)76)85-29-25-49(73)74/h15,18-24,28,30,38,44,46,51,63H,9-14,16-17,25-27,29,31-37H2,1-8H3,(H2,61,69)(H,65,78)(H,66,81)(H,67,77)(H,68,79)(H,70,72)(H,73,74)(H,75,76)(H3,62,64,80)/b40-15-,53-52+/t44-,46?,51-/m0/s1. The summed E-state index contributed by atoms with van der Waals surface area (Å²) in [5, 5.41) is 38.3.